The zero-order valence-corrected chi connectivity index (χ0v) is 10.8. The number of aromatic amines is 1. The molecule has 0 saturated heterocycles. The summed E-state index contributed by atoms with van der Waals surface area (Å²) in [5.41, 5.74) is 1.10. The fourth-order valence-electron chi connectivity index (χ4n) is 1.75. The van der Waals surface area contributed by atoms with Crippen LogP contribution in [-0.2, 0) is 7.05 Å². The van der Waals surface area contributed by atoms with Crippen molar-refractivity contribution in [3.63, 3.8) is 0 Å². The zero-order chi connectivity index (χ0) is 14.2. The van der Waals surface area contributed by atoms with Crippen LogP contribution in [0.4, 0.5) is 4.48 Å². The maximum atomic E-state index is 12.9. The summed E-state index contributed by atoms with van der Waals surface area (Å²) >= 11 is 0. The van der Waals surface area contributed by atoms with E-state index in [1.165, 1.54) is 23.0 Å². The van der Waals surface area contributed by atoms with E-state index in [9.17, 15) is 14.1 Å². The van der Waals surface area contributed by atoms with Crippen LogP contribution in [0.15, 0.2) is 23.1 Å². The second-order valence-electron chi connectivity index (χ2n) is 4.22. The number of carbonyl (C=O) groups is 1. The van der Waals surface area contributed by atoms with Crippen LogP contribution in [-0.4, -0.2) is 32.8 Å². The first kappa shape index (κ1) is 13.0. The average molecular weight is 264 g/mol. The first-order valence-corrected chi connectivity index (χ1v) is 5.57. The van der Waals surface area contributed by atoms with E-state index in [4.69, 9.17) is 0 Å². The molecule has 100 valence electrons. The Hall–Kier alpha value is -2.44. The molecule has 6 nitrogen and oxygen atoms in total. The van der Waals surface area contributed by atoms with Crippen molar-refractivity contribution in [3.8, 4) is 11.3 Å². The molecule has 0 aliphatic rings. The molecule has 0 aliphatic carbocycles. The molecule has 7 heteroatoms. The minimum Gasteiger partial charge on any atom is -0.302 e. The highest BCUT2D eigenvalue weighted by Gasteiger charge is 2.15. The molecule has 1 N–H and O–H groups in total. The van der Waals surface area contributed by atoms with Gasteiger partial charge in [0.05, 0.1) is 11.3 Å². The Bertz CT molecular complexity index is 687. The second-order valence-corrected chi connectivity index (χ2v) is 4.22. The maximum Gasteiger partial charge on any atom is 0.281 e. The van der Waals surface area contributed by atoms with Gasteiger partial charge in [0, 0.05) is 31.5 Å². The third-order valence-electron chi connectivity index (χ3n) is 2.69. The number of aromatic nitrogens is 3. The Morgan fingerprint density at radius 1 is 1.47 bits per heavy atom. The lowest BCUT2D eigenvalue weighted by molar-refractivity contribution is 0.0343. The number of carbonyl (C=O) groups excluding carboxylic acids is 1. The summed E-state index contributed by atoms with van der Waals surface area (Å²) in [7, 11) is 2.59. The smallest absolute Gasteiger partial charge is 0.281 e. The molecule has 0 bridgehead atoms. The van der Waals surface area contributed by atoms with Crippen molar-refractivity contribution < 1.29 is 9.28 Å². The largest absolute Gasteiger partial charge is 0.302 e. The molecular weight excluding hydrogens is 251 g/mol. The molecule has 0 atom stereocenters. The molecule has 2 aromatic heterocycles. The van der Waals surface area contributed by atoms with E-state index in [0.717, 1.165) is 7.05 Å². The van der Waals surface area contributed by atoms with E-state index in [1.807, 2.05) is 0 Å². The standard InChI is InChI=1S/C12H13FN4O2/c1-7-4-8(11(18)16(2)13)5-10(15-7)9-6-14-17(3)12(9)19/h4-6,14H,1-3H3. The number of hydrogen-bond donors (Lipinski definition) is 1. The molecule has 19 heavy (non-hydrogen) atoms. The monoisotopic (exact) mass is 264 g/mol. The highest BCUT2D eigenvalue weighted by molar-refractivity contribution is 5.94. The van der Waals surface area contributed by atoms with Gasteiger partial charge in [-0.2, -0.15) is 5.12 Å². The van der Waals surface area contributed by atoms with Crippen molar-refractivity contribution in [2.45, 2.75) is 6.92 Å². The summed E-state index contributed by atoms with van der Waals surface area (Å²) in [5, 5.41) is 2.71. The number of rotatable bonds is 2. The first-order chi connectivity index (χ1) is 8.90. The van der Waals surface area contributed by atoms with Crippen LogP contribution in [0.5, 0.6) is 0 Å². The van der Waals surface area contributed by atoms with Crippen LogP contribution in [0.2, 0.25) is 0 Å². The van der Waals surface area contributed by atoms with Gasteiger partial charge >= 0.3 is 0 Å². The van der Waals surface area contributed by atoms with Crippen molar-refractivity contribution in [3.05, 3.63) is 39.9 Å². The molecule has 0 aliphatic heterocycles. The summed E-state index contributed by atoms with van der Waals surface area (Å²) in [6.45, 7) is 1.68. The number of hydrogen-bond acceptors (Lipinski definition) is 3. The fourth-order valence-corrected chi connectivity index (χ4v) is 1.75. The lowest BCUT2D eigenvalue weighted by Crippen LogP contribution is -2.18. The Morgan fingerprint density at radius 3 is 2.68 bits per heavy atom. The summed E-state index contributed by atoms with van der Waals surface area (Å²) < 4.78 is 14.2. The predicted octanol–water partition coefficient (Wildman–Crippen LogP) is 1.04. The number of pyridine rings is 1. The normalized spacial score (nSPS) is 10.5. The van der Waals surface area contributed by atoms with Gasteiger partial charge < -0.3 is 5.10 Å². The summed E-state index contributed by atoms with van der Waals surface area (Å²) in [5.74, 6) is -0.779. The number of nitrogens with zero attached hydrogens (tertiary/aromatic N) is 3. The van der Waals surface area contributed by atoms with Crippen molar-refractivity contribution in [2.24, 2.45) is 7.05 Å². The van der Waals surface area contributed by atoms with Crippen LogP contribution in [0.1, 0.15) is 16.1 Å². The molecule has 0 unspecified atom stereocenters. The van der Waals surface area contributed by atoms with Crippen molar-refractivity contribution in [1.29, 1.82) is 0 Å². The van der Waals surface area contributed by atoms with E-state index >= 15 is 0 Å². The highest BCUT2D eigenvalue weighted by Crippen LogP contribution is 2.16. The molecule has 0 aromatic carbocycles. The van der Waals surface area contributed by atoms with E-state index < -0.39 is 5.91 Å². The van der Waals surface area contributed by atoms with Gasteiger partial charge in [0.1, 0.15) is 0 Å². The van der Waals surface area contributed by atoms with Gasteiger partial charge in [0.15, 0.2) is 0 Å². The average Bonchev–Trinajstić information content (AvgIpc) is 2.68. The fraction of sp³-hybridized carbons (Fsp3) is 0.250. The Morgan fingerprint density at radius 2 is 2.16 bits per heavy atom. The van der Waals surface area contributed by atoms with Crippen LogP contribution in [0.3, 0.4) is 0 Å². The van der Waals surface area contributed by atoms with E-state index in [-0.39, 0.29) is 16.2 Å². The van der Waals surface area contributed by atoms with Gasteiger partial charge in [-0.3, -0.25) is 19.3 Å². The molecule has 0 fully saturated rings. The summed E-state index contributed by atoms with van der Waals surface area (Å²) in [6, 6.07) is 2.87. The first-order valence-electron chi connectivity index (χ1n) is 5.57. The van der Waals surface area contributed by atoms with Crippen LogP contribution < -0.4 is 5.56 Å². The van der Waals surface area contributed by atoms with E-state index in [0.29, 0.717) is 17.0 Å². The number of nitrogens with one attached hydrogen (secondary N) is 1. The van der Waals surface area contributed by atoms with Gasteiger partial charge in [-0.1, -0.05) is 4.48 Å². The van der Waals surface area contributed by atoms with Crippen molar-refractivity contribution in [1.82, 2.24) is 19.9 Å². The minimum atomic E-state index is -0.779. The van der Waals surface area contributed by atoms with Gasteiger partial charge in [-0.15, -0.1) is 0 Å². The lowest BCUT2D eigenvalue weighted by Gasteiger charge is -2.07. The van der Waals surface area contributed by atoms with Crippen molar-refractivity contribution >= 4 is 5.91 Å². The number of halogens is 1. The SMILES string of the molecule is Cc1cc(C(=O)N(C)F)cc(-c2c[nH]n(C)c2=O)n1. The molecule has 2 rings (SSSR count). The van der Waals surface area contributed by atoms with E-state index in [2.05, 4.69) is 10.1 Å². The molecule has 0 radical (unpaired) electrons. The number of H-pyrrole nitrogens is 1. The van der Waals surface area contributed by atoms with Crippen LogP contribution >= 0.6 is 0 Å². The van der Waals surface area contributed by atoms with E-state index in [1.54, 1.807) is 14.0 Å². The van der Waals surface area contributed by atoms with Crippen LogP contribution in [0, 0.1) is 6.92 Å². The topological polar surface area (TPSA) is 71.0 Å². The Labute approximate surface area is 108 Å². The Kier molecular flexibility index (Phi) is 3.20. The summed E-state index contributed by atoms with van der Waals surface area (Å²) in [6.07, 6.45) is 1.50. The van der Waals surface area contributed by atoms with Crippen LogP contribution in [0.25, 0.3) is 11.3 Å². The second kappa shape index (κ2) is 4.68. The molecule has 2 aromatic rings. The predicted molar refractivity (Wildman–Crippen MR) is 67.2 cm³/mol. The molecule has 1 amide bonds. The lowest BCUT2D eigenvalue weighted by atomic mass is 10.1. The Balaban J connectivity index is 2.57. The number of aryl methyl sites for hydroxylation is 2. The van der Waals surface area contributed by atoms with Crippen molar-refractivity contribution in [2.75, 3.05) is 7.05 Å². The zero-order valence-electron chi connectivity index (χ0n) is 10.8. The molecule has 0 spiro atoms. The molecular formula is C12H13FN4O2. The third kappa shape index (κ3) is 2.40. The van der Waals surface area contributed by atoms with Gasteiger partial charge in [0.2, 0.25) is 0 Å². The van der Waals surface area contributed by atoms with Gasteiger partial charge in [0.25, 0.3) is 11.5 Å². The quantitative estimate of drug-likeness (QED) is 0.824. The van der Waals surface area contributed by atoms with Gasteiger partial charge in [-0.05, 0) is 19.1 Å². The number of amides is 1. The van der Waals surface area contributed by atoms with Gasteiger partial charge in [-0.25, -0.2) is 0 Å². The minimum absolute atomic E-state index is 0.00617. The highest BCUT2D eigenvalue weighted by atomic mass is 19.2. The molecule has 2 heterocycles. The molecule has 0 saturated carbocycles. The summed E-state index contributed by atoms with van der Waals surface area (Å²) in [4.78, 5) is 27.6. The third-order valence-corrected chi connectivity index (χ3v) is 2.69. The maximum absolute atomic E-state index is 12.9.